The van der Waals surface area contributed by atoms with E-state index < -0.39 is 5.97 Å². The van der Waals surface area contributed by atoms with Gasteiger partial charge in [0.2, 0.25) is 0 Å². The Morgan fingerprint density at radius 3 is 2.82 bits per heavy atom. The molecule has 1 aromatic rings. The van der Waals surface area contributed by atoms with E-state index in [1.54, 1.807) is 6.33 Å². The maximum Gasteiger partial charge on any atom is 0.307 e. The summed E-state index contributed by atoms with van der Waals surface area (Å²) < 4.78 is 2.07. The minimum absolute atomic E-state index is 0.0272. The number of nitrogens with zero attached hydrogens (tertiary/aromatic N) is 3. The Morgan fingerprint density at radius 1 is 1.35 bits per heavy atom. The number of hydrogen-bond donors (Lipinski definition) is 1. The number of aliphatic carboxylic acids is 1. The van der Waals surface area contributed by atoms with E-state index in [1.807, 2.05) is 6.08 Å². The largest absolute Gasteiger partial charge is 0.481 e. The lowest BCUT2D eigenvalue weighted by molar-refractivity contribution is -0.142. The molecule has 5 nitrogen and oxygen atoms in total. The van der Waals surface area contributed by atoms with Crippen LogP contribution in [0.2, 0.25) is 0 Å². The number of aromatic nitrogens is 3. The highest BCUT2D eigenvalue weighted by atomic mass is 16.4. The maximum atomic E-state index is 11.3. The fraction of sp³-hybridized carbons (Fsp3) is 0.583. The maximum absolute atomic E-state index is 11.3. The summed E-state index contributed by atoms with van der Waals surface area (Å²) in [7, 11) is 0. The average molecular weight is 233 g/mol. The molecule has 3 rings (SSSR count). The Morgan fingerprint density at radius 2 is 2.12 bits per heavy atom. The molecule has 2 aliphatic carbocycles. The number of hydrogen-bond acceptors (Lipinski definition) is 3. The molecular formula is C12H15N3O2. The van der Waals surface area contributed by atoms with Gasteiger partial charge in [0.05, 0.1) is 5.92 Å². The van der Waals surface area contributed by atoms with Gasteiger partial charge in [-0.25, -0.2) is 0 Å². The predicted molar refractivity (Wildman–Crippen MR) is 60.5 cm³/mol. The highest BCUT2D eigenvalue weighted by Crippen LogP contribution is 2.40. The third-order valence-electron chi connectivity index (χ3n) is 3.62. The number of allylic oxidation sites excluding steroid dienone is 2. The molecular weight excluding hydrogens is 218 g/mol. The van der Waals surface area contributed by atoms with Gasteiger partial charge in [0.25, 0.3) is 0 Å². The molecule has 1 heterocycles. The summed E-state index contributed by atoms with van der Waals surface area (Å²) in [6.45, 7) is 0. The number of rotatable bonds is 3. The molecule has 0 saturated heterocycles. The summed E-state index contributed by atoms with van der Waals surface area (Å²) in [5, 5.41) is 17.4. The van der Waals surface area contributed by atoms with E-state index in [0.29, 0.717) is 12.5 Å². The van der Waals surface area contributed by atoms with Crippen LogP contribution < -0.4 is 0 Å². The van der Waals surface area contributed by atoms with E-state index in [0.717, 1.165) is 25.1 Å². The van der Waals surface area contributed by atoms with Gasteiger partial charge < -0.3 is 9.67 Å². The second-order valence-electron chi connectivity index (χ2n) is 4.82. The Hall–Kier alpha value is -1.65. The molecule has 1 aromatic heterocycles. The van der Waals surface area contributed by atoms with Crippen LogP contribution in [-0.4, -0.2) is 25.8 Å². The van der Waals surface area contributed by atoms with E-state index in [2.05, 4.69) is 20.8 Å². The van der Waals surface area contributed by atoms with Crippen LogP contribution in [0.3, 0.4) is 0 Å². The van der Waals surface area contributed by atoms with Gasteiger partial charge in [0.15, 0.2) is 0 Å². The first-order chi connectivity index (χ1) is 8.27. The van der Waals surface area contributed by atoms with Gasteiger partial charge in [-0.05, 0) is 25.7 Å². The van der Waals surface area contributed by atoms with Crippen LogP contribution in [0.5, 0.6) is 0 Å². The average Bonchev–Trinajstić information content (AvgIpc) is 3.07. The Labute approximate surface area is 99.2 Å². The molecule has 0 bridgehead atoms. The van der Waals surface area contributed by atoms with Crippen molar-refractivity contribution in [1.29, 1.82) is 0 Å². The predicted octanol–water partition coefficient (Wildman–Crippen LogP) is 1.75. The van der Waals surface area contributed by atoms with Crippen LogP contribution in [0.25, 0.3) is 0 Å². The Kier molecular flexibility index (Phi) is 2.46. The zero-order valence-electron chi connectivity index (χ0n) is 9.49. The van der Waals surface area contributed by atoms with Crippen LogP contribution in [-0.2, 0) is 4.79 Å². The molecule has 1 fully saturated rings. The van der Waals surface area contributed by atoms with Crippen LogP contribution in [0, 0.1) is 5.92 Å². The van der Waals surface area contributed by atoms with Crippen molar-refractivity contribution in [2.24, 2.45) is 5.92 Å². The zero-order chi connectivity index (χ0) is 11.8. The first-order valence-corrected chi connectivity index (χ1v) is 6.04. The number of carbonyl (C=O) groups is 1. The fourth-order valence-corrected chi connectivity index (χ4v) is 2.52. The number of carboxylic acids is 1. The summed E-state index contributed by atoms with van der Waals surface area (Å²) >= 11 is 0. The van der Waals surface area contributed by atoms with Gasteiger partial charge in [-0.2, -0.15) is 0 Å². The van der Waals surface area contributed by atoms with E-state index in [1.165, 1.54) is 0 Å². The fourth-order valence-electron chi connectivity index (χ4n) is 2.52. The molecule has 2 unspecified atom stereocenters. The molecule has 1 saturated carbocycles. The summed E-state index contributed by atoms with van der Waals surface area (Å²) in [5.74, 6) is -0.267. The van der Waals surface area contributed by atoms with Crippen molar-refractivity contribution in [3.8, 4) is 0 Å². The molecule has 0 radical (unpaired) electrons. The van der Waals surface area contributed by atoms with Crippen molar-refractivity contribution in [3.63, 3.8) is 0 Å². The highest BCUT2D eigenvalue weighted by Gasteiger charge is 2.36. The molecule has 90 valence electrons. The lowest BCUT2D eigenvalue weighted by atomic mass is 9.82. The van der Waals surface area contributed by atoms with Gasteiger partial charge in [-0.1, -0.05) is 12.2 Å². The monoisotopic (exact) mass is 233 g/mol. The third kappa shape index (κ3) is 1.85. The lowest BCUT2D eigenvalue weighted by Crippen LogP contribution is -2.25. The van der Waals surface area contributed by atoms with Gasteiger partial charge in [0.1, 0.15) is 12.2 Å². The quantitative estimate of drug-likeness (QED) is 0.807. The Bertz CT molecular complexity index is 462. The molecule has 2 aliphatic rings. The molecule has 2 atom stereocenters. The SMILES string of the molecule is O=C(O)C1CC=CCC1c1nncn1C1CC1. The van der Waals surface area contributed by atoms with Crippen LogP contribution in [0.4, 0.5) is 0 Å². The molecule has 17 heavy (non-hydrogen) atoms. The molecule has 0 aliphatic heterocycles. The summed E-state index contributed by atoms with van der Waals surface area (Å²) in [6, 6.07) is 0.500. The molecule has 5 heteroatoms. The van der Waals surface area contributed by atoms with Gasteiger partial charge >= 0.3 is 5.97 Å². The van der Waals surface area contributed by atoms with Gasteiger partial charge in [-0.3, -0.25) is 4.79 Å². The van der Waals surface area contributed by atoms with Gasteiger partial charge in [-0.15, -0.1) is 10.2 Å². The third-order valence-corrected chi connectivity index (χ3v) is 3.62. The lowest BCUT2D eigenvalue weighted by Gasteiger charge is -2.24. The van der Waals surface area contributed by atoms with Gasteiger partial charge in [0, 0.05) is 12.0 Å². The summed E-state index contributed by atoms with van der Waals surface area (Å²) in [6.07, 6.45) is 9.41. The molecule has 0 spiro atoms. The van der Waals surface area contributed by atoms with Crippen LogP contribution >= 0.6 is 0 Å². The summed E-state index contributed by atoms with van der Waals surface area (Å²) in [4.78, 5) is 11.3. The van der Waals surface area contributed by atoms with Crippen molar-refractivity contribution in [2.45, 2.75) is 37.6 Å². The zero-order valence-corrected chi connectivity index (χ0v) is 9.49. The molecule has 0 aromatic carbocycles. The second-order valence-corrected chi connectivity index (χ2v) is 4.82. The smallest absolute Gasteiger partial charge is 0.307 e. The van der Waals surface area contributed by atoms with Crippen LogP contribution in [0.1, 0.15) is 43.5 Å². The minimum atomic E-state index is -0.732. The Balaban J connectivity index is 1.92. The molecule has 1 N–H and O–H groups in total. The van der Waals surface area contributed by atoms with Crippen molar-refractivity contribution in [3.05, 3.63) is 24.3 Å². The second kappa shape index (κ2) is 3.98. The molecule has 0 amide bonds. The first-order valence-electron chi connectivity index (χ1n) is 6.04. The van der Waals surface area contributed by atoms with E-state index >= 15 is 0 Å². The first kappa shape index (κ1) is 10.5. The van der Waals surface area contributed by atoms with Crippen molar-refractivity contribution in [1.82, 2.24) is 14.8 Å². The highest BCUT2D eigenvalue weighted by molar-refractivity contribution is 5.71. The van der Waals surface area contributed by atoms with E-state index in [4.69, 9.17) is 0 Å². The van der Waals surface area contributed by atoms with Crippen molar-refractivity contribution >= 4 is 5.97 Å². The van der Waals surface area contributed by atoms with E-state index in [9.17, 15) is 9.90 Å². The van der Waals surface area contributed by atoms with Crippen molar-refractivity contribution in [2.75, 3.05) is 0 Å². The van der Waals surface area contributed by atoms with E-state index in [-0.39, 0.29) is 11.8 Å². The van der Waals surface area contributed by atoms with Crippen molar-refractivity contribution < 1.29 is 9.90 Å². The standard InChI is InChI=1S/C12H15N3O2/c16-12(17)10-4-2-1-3-9(10)11-14-13-7-15(11)8-5-6-8/h1-2,7-10H,3-6H2,(H,16,17). The normalized spacial score (nSPS) is 28.2. The summed E-state index contributed by atoms with van der Waals surface area (Å²) in [5.41, 5.74) is 0. The number of carboxylic acid groups (broad SMARTS) is 1. The topological polar surface area (TPSA) is 68.0 Å². The van der Waals surface area contributed by atoms with Crippen LogP contribution in [0.15, 0.2) is 18.5 Å². The minimum Gasteiger partial charge on any atom is -0.481 e.